The molecule has 11 atom stereocenters. The van der Waals surface area contributed by atoms with E-state index in [1.54, 1.807) is 18.3 Å². The molecule has 0 aromatic carbocycles. The summed E-state index contributed by atoms with van der Waals surface area (Å²) in [5, 5.41) is 35.6. The lowest BCUT2D eigenvalue weighted by molar-refractivity contribution is -0.221. The number of carboxylic acid groups (broad SMARTS) is 1. The zero-order valence-corrected chi connectivity index (χ0v) is 40.7. The lowest BCUT2D eigenvalue weighted by Gasteiger charge is -2.72. The van der Waals surface area contributed by atoms with Crippen molar-refractivity contribution >= 4 is 14.3 Å². The van der Waals surface area contributed by atoms with Crippen LogP contribution in [0.25, 0.3) is 0 Å². The van der Waals surface area contributed by atoms with Gasteiger partial charge in [-0.2, -0.15) is 5.26 Å². The van der Waals surface area contributed by atoms with E-state index in [2.05, 4.69) is 111 Å². The SMILES string of the molecule is C=C(C)[C@@H]1CC[C@]2(NCC(O)CO[Si](C)(C)C(C)(C)C)CC[C@]3(C)[C@H](CC[C@@H]4[C@@]5(C)CC=C(C6=CCC(COc7ncccc7C#N)(C(=O)O)CC6)C(C)(C)[C@@H]5CC[C@]43C)[C@@H]12. The van der Waals surface area contributed by atoms with Crippen molar-refractivity contribution in [2.75, 3.05) is 19.8 Å². The standard InChI is InChI=1S/C52H79N3O5Si/c1-34(2)38-19-26-52(55-31-37(56)32-60-61(11,12)46(3,4)5)28-27-49(9)40(43(38)52)15-16-42-48(8)22-20-39(47(6,7)41(48)21-23-50(42,49)10)35-17-24-51(25-18-35,45(57)58)33-59-44-36(30-53)14-13-29-54-44/h13-14,17,20,29,37-38,40-43,55-56H,1,15-16,18-19,21-28,31-33H2,2-12H3,(H,57,58)/t37?,38-,40+,41-,42+,43+,48-,49+,50+,51?,52-/m0/s1. The summed E-state index contributed by atoms with van der Waals surface area (Å²) in [4.78, 5) is 17.0. The Labute approximate surface area is 369 Å². The Kier molecular flexibility index (Phi) is 12.2. The van der Waals surface area contributed by atoms with E-state index in [4.69, 9.17) is 9.16 Å². The molecule has 0 bridgehead atoms. The van der Waals surface area contributed by atoms with Crippen molar-refractivity contribution in [3.05, 3.63) is 59.3 Å². The fourth-order valence-electron chi connectivity index (χ4n) is 14.8. The number of hydrogen-bond acceptors (Lipinski definition) is 7. The summed E-state index contributed by atoms with van der Waals surface area (Å²) < 4.78 is 12.4. The minimum absolute atomic E-state index is 0.0134. The number of nitrogens with one attached hydrogen (secondary N) is 1. The van der Waals surface area contributed by atoms with Crippen LogP contribution in [0.2, 0.25) is 18.1 Å². The Hall–Kier alpha value is -2.77. The number of carboxylic acids is 1. The van der Waals surface area contributed by atoms with Gasteiger partial charge in [-0.15, -0.1) is 0 Å². The maximum Gasteiger partial charge on any atom is 0.313 e. The molecule has 61 heavy (non-hydrogen) atoms. The second-order valence-electron chi connectivity index (χ2n) is 23.8. The number of rotatable bonds is 12. The van der Waals surface area contributed by atoms with E-state index in [0.29, 0.717) is 67.6 Å². The quantitative estimate of drug-likeness (QED) is 0.140. The van der Waals surface area contributed by atoms with Gasteiger partial charge in [0.15, 0.2) is 8.32 Å². The zero-order chi connectivity index (χ0) is 44.6. The van der Waals surface area contributed by atoms with Gasteiger partial charge < -0.3 is 24.7 Å². The van der Waals surface area contributed by atoms with Crippen molar-refractivity contribution in [1.29, 1.82) is 5.26 Å². The Morgan fingerprint density at radius 3 is 2.39 bits per heavy atom. The third-order valence-corrected chi connectivity index (χ3v) is 24.1. The van der Waals surface area contributed by atoms with E-state index < -0.39 is 25.8 Å². The Morgan fingerprint density at radius 1 is 1.02 bits per heavy atom. The number of aromatic nitrogens is 1. The van der Waals surface area contributed by atoms with E-state index in [9.17, 15) is 20.3 Å². The summed E-state index contributed by atoms with van der Waals surface area (Å²) in [6, 6.07) is 5.44. The van der Waals surface area contributed by atoms with Crippen LogP contribution in [0.15, 0.2) is 53.8 Å². The van der Waals surface area contributed by atoms with Crippen LogP contribution in [-0.4, -0.2) is 60.9 Å². The third-order valence-electron chi connectivity index (χ3n) is 19.6. The predicted octanol–water partition coefficient (Wildman–Crippen LogP) is 11.4. The summed E-state index contributed by atoms with van der Waals surface area (Å²) in [6.07, 6.45) is 18.1. The molecule has 336 valence electrons. The molecule has 6 aliphatic carbocycles. The van der Waals surface area contributed by atoms with Gasteiger partial charge in [0.2, 0.25) is 5.88 Å². The van der Waals surface area contributed by atoms with Gasteiger partial charge >= 0.3 is 5.97 Å². The number of fused-ring (bicyclic) bond motifs is 7. The number of pyridine rings is 1. The molecule has 1 aromatic heterocycles. The van der Waals surface area contributed by atoms with Crippen molar-refractivity contribution in [2.24, 2.45) is 56.7 Å². The number of ether oxygens (including phenoxy) is 1. The van der Waals surface area contributed by atoms with Crippen LogP contribution < -0.4 is 10.1 Å². The van der Waals surface area contributed by atoms with E-state index in [1.807, 2.05) is 0 Å². The van der Waals surface area contributed by atoms with Crippen molar-refractivity contribution in [1.82, 2.24) is 10.3 Å². The van der Waals surface area contributed by atoms with Crippen molar-refractivity contribution in [2.45, 2.75) is 169 Å². The van der Waals surface area contributed by atoms with Gasteiger partial charge in [-0.25, -0.2) is 4.98 Å². The van der Waals surface area contributed by atoms with Crippen molar-refractivity contribution in [3.63, 3.8) is 0 Å². The molecule has 3 N–H and O–H groups in total. The number of nitriles is 1. The molecule has 0 spiro atoms. The molecule has 0 amide bonds. The molecular weight excluding hydrogens is 775 g/mol. The Balaban J connectivity index is 1.10. The van der Waals surface area contributed by atoms with Gasteiger partial charge in [0.25, 0.3) is 0 Å². The van der Waals surface area contributed by atoms with Crippen molar-refractivity contribution < 1.29 is 24.2 Å². The number of aliphatic hydroxyl groups excluding tert-OH is 1. The number of carbonyl (C=O) groups is 1. The molecule has 8 nitrogen and oxygen atoms in total. The highest BCUT2D eigenvalue weighted by molar-refractivity contribution is 6.74. The molecule has 7 rings (SSSR count). The predicted molar refractivity (Wildman–Crippen MR) is 246 cm³/mol. The Morgan fingerprint density at radius 2 is 1.75 bits per heavy atom. The van der Waals surface area contributed by atoms with Gasteiger partial charge in [-0.05, 0) is 177 Å². The van der Waals surface area contributed by atoms with Gasteiger partial charge in [-0.3, -0.25) is 4.79 Å². The highest BCUT2D eigenvalue weighted by Gasteiger charge is 2.70. The average Bonchev–Trinajstić information content (AvgIpc) is 3.59. The van der Waals surface area contributed by atoms with Gasteiger partial charge in [0.1, 0.15) is 23.7 Å². The lowest BCUT2D eigenvalue weighted by atomic mass is 9.33. The topological polar surface area (TPSA) is 125 Å². The van der Waals surface area contributed by atoms with Crippen LogP contribution in [0.1, 0.15) is 145 Å². The molecule has 1 heterocycles. The van der Waals surface area contributed by atoms with Gasteiger partial charge in [-0.1, -0.05) is 79.7 Å². The zero-order valence-electron chi connectivity index (χ0n) is 39.7. The number of nitrogens with zero attached hydrogens (tertiary/aromatic N) is 2. The summed E-state index contributed by atoms with van der Waals surface area (Å²) in [7, 11) is -1.95. The highest BCUT2D eigenvalue weighted by atomic mass is 28.4. The highest BCUT2D eigenvalue weighted by Crippen LogP contribution is 2.76. The maximum absolute atomic E-state index is 12.8. The molecule has 2 unspecified atom stereocenters. The van der Waals surface area contributed by atoms with Crippen LogP contribution in [0, 0.1) is 68.0 Å². The first-order chi connectivity index (χ1) is 28.4. The van der Waals surface area contributed by atoms with Crippen LogP contribution in [0.4, 0.5) is 0 Å². The van der Waals surface area contributed by atoms with Gasteiger partial charge in [0.05, 0.1) is 12.7 Å². The van der Waals surface area contributed by atoms with E-state index >= 15 is 0 Å². The first-order valence-corrected chi connectivity index (χ1v) is 26.7. The second kappa shape index (κ2) is 16.0. The summed E-state index contributed by atoms with van der Waals surface area (Å²) in [5.41, 5.74) is 3.92. The largest absolute Gasteiger partial charge is 0.481 e. The molecule has 0 saturated heterocycles. The van der Waals surface area contributed by atoms with Crippen LogP contribution in [-0.2, 0) is 9.22 Å². The minimum atomic E-state index is -1.95. The third kappa shape index (κ3) is 7.53. The summed E-state index contributed by atoms with van der Waals surface area (Å²) in [6.45, 7) is 32.2. The smallest absolute Gasteiger partial charge is 0.313 e. The maximum atomic E-state index is 12.8. The molecule has 0 aliphatic heterocycles. The van der Waals surface area contributed by atoms with Crippen LogP contribution >= 0.6 is 0 Å². The molecule has 0 radical (unpaired) electrons. The number of aliphatic carboxylic acids is 1. The molecular formula is C52H79N3O5Si. The van der Waals surface area contributed by atoms with E-state index in [0.717, 1.165) is 19.3 Å². The molecule has 4 fully saturated rings. The minimum Gasteiger partial charge on any atom is -0.481 e. The number of allylic oxidation sites excluding steroid dienone is 5. The summed E-state index contributed by atoms with van der Waals surface area (Å²) in [5.74, 6) is 2.14. The molecule has 4 saturated carbocycles. The first-order valence-electron chi connectivity index (χ1n) is 23.8. The van der Waals surface area contributed by atoms with E-state index in [-0.39, 0.29) is 44.7 Å². The number of aliphatic hydroxyl groups is 1. The average molecular weight is 854 g/mol. The summed E-state index contributed by atoms with van der Waals surface area (Å²) >= 11 is 0. The monoisotopic (exact) mass is 854 g/mol. The normalized spacial score (nSPS) is 38.6. The van der Waals surface area contributed by atoms with Crippen LogP contribution in [0.5, 0.6) is 5.88 Å². The van der Waals surface area contributed by atoms with Crippen molar-refractivity contribution in [3.8, 4) is 11.9 Å². The lowest BCUT2D eigenvalue weighted by Crippen LogP contribution is -2.68. The fraction of sp³-hybridized carbons (Fsp3) is 0.750. The first kappa shape index (κ1) is 46.2. The van der Waals surface area contributed by atoms with Gasteiger partial charge in [0, 0.05) is 18.3 Å². The number of hydrogen-bond donors (Lipinski definition) is 3. The van der Waals surface area contributed by atoms with E-state index in [1.165, 1.54) is 55.2 Å². The molecule has 6 aliphatic rings. The molecule has 9 heteroatoms. The molecule has 1 aromatic rings. The second-order valence-corrected chi connectivity index (χ2v) is 28.6. The number of β-amino-alcohol motifs (C(OH)–C–C–N with tert-alkyl or cyclic N) is 1. The van der Waals surface area contributed by atoms with Crippen LogP contribution in [0.3, 0.4) is 0 Å². The Bertz CT molecular complexity index is 1980. The fourth-order valence-corrected chi connectivity index (χ4v) is 15.9.